The van der Waals surface area contributed by atoms with Crippen LogP contribution in [-0.2, 0) is 11.4 Å². The lowest BCUT2D eigenvalue weighted by Crippen LogP contribution is -2.15. The van der Waals surface area contributed by atoms with Crippen molar-refractivity contribution < 1.29 is 19.0 Å². The standard InChI is InChI=1S/C32H25N5O4/c1-38-24-14-12-20(16-26(24)39-2)17-34-40-18-27-35-31-30-28(22-9-4-3-5-10-22)29-23-11-7-6-8-21(23)13-15-25(29)41-32(30)33-19-37(31)36-27/h3-17,19,28H,18H2,1-2H3/b34-17-/t28-/m1/s1. The van der Waals surface area contributed by atoms with E-state index in [4.69, 9.17) is 24.0 Å². The van der Waals surface area contributed by atoms with E-state index in [1.165, 1.54) is 0 Å². The van der Waals surface area contributed by atoms with Crippen molar-refractivity contribution in [3.05, 3.63) is 119 Å². The number of nitrogens with zero attached hydrogens (tertiary/aromatic N) is 5. The second-order valence-corrected chi connectivity index (χ2v) is 9.53. The zero-order valence-corrected chi connectivity index (χ0v) is 22.4. The summed E-state index contributed by atoms with van der Waals surface area (Å²) < 4.78 is 18.7. The molecule has 6 aromatic rings. The molecule has 0 unspecified atom stereocenters. The van der Waals surface area contributed by atoms with Gasteiger partial charge in [-0.05, 0) is 40.6 Å². The summed E-state index contributed by atoms with van der Waals surface area (Å²) in [6, 6.07) is 28.3. The Kier molecular flexibility index (Phi) is 6.16. The summed E-state index contributed by atoms with van der Waals surface area (Å²) in [6.07, 6.45) is 3.22. The van der Waals surface area contributed by atoms with Crippen molar-refractivity contribution in [2.45, 2.75) is 12.5 Å². The average Bonchev–Trinajstić information content (AvgIpc) is 3.45. The highest BCUT2D eigenvalue weighted by Crippen LogP contribution is 2.50. The van der Waals surface area contributed by atoms with E-state index in [2.05, 4.69) is 45.6 Å². The first kappa shape index (κ1) is 24.6. The quantitative estimate of drug-likeness (QED) is 0.176. The van der Waals surface area contributed by atoms with Crippen LogP contribution in [0.15, 0.2) is 96.4 Å². The number of hydrogen-bond donors (Lipinski definition) is 0. The van der Waals surface area contributed by atoms with Gasteiger partial charge in [-0.15, -0.1) is 5.10 Å². The van der Waals surface area contributed by atoms with Gasteiger partial charge in [0.1, 0.15) is 12.1 Å². The van der Waals surface area contributed by atoms with E-state index < -0.39 is 0 Å². The van der Waals surface area contributed by atoms with Gasteiger partial charge in [0.05, 0.1) is 26.0 Å². The van der Waals surface area contributed by atoms with Crippen molar-refractivity contribution in [1.29, 1.82) is 0 Å². The molecule has 2 aromatic heterocycles. The van der Waals surface area contributed by atoms with E-state index in [0.717, 1.165) is 38.8 Å². The molecule has 0 fully saturated rings. The van der Waals surface area contributed by atoms with Crippen LogP contribution in [0.5, 0.6) is 23.1 Å². The Labute approximate surface area is 235 Å². The first-order valence-electron chi connectivity index (χ1n) is 13.1. The fraction of sp³-hybridized carbons (Fsp3) is 0.125. The van der Waals surface area contributed by atoms with Crippen molar-refractivity contribution in [2.24, 2.45) is 5.16 Å². The predicted octanol–water partition coefficient (Wildman–Crippen LogP) is 6.13. The number of methoxy groups -OCH3 is 2. The topological polar surface area (TPSA) is 92.4 Å². The van der Waals surface area contributed by atoms with E-state index >= 15 is 0 Å². The van der Waals surface area contributed by atoms with E-state index in [9.17, 15) is 0 Å². The maximum absolute atomic E-state index is 6.37. The minimum atomic E-state index is -0.154. The third-order valence-electron chi connectivity index (χ3n) is 7.16. The second kappa shape index (κ2) is 10.3. The lowest BCUT2D eigenvalue weighted by atomic mass is 9.81. The van der Waals surface area contributed by atoms with Crippen LogP contribution >= 0.6 is 0 Å². The highest BCUT2D eigenvalue weighted by molar-refractivity contribution is 5.90. The fourth-order valence-electron chi connectivity index (χ4n) is 5.31. The Balaban J connectivity index is 1.25. The Morgan fingerprint density at radius 2 is 1.73 bits per heavy atom. The summed E-state index contributed by atoms with van der Waals surface area (Å²) in [5, 5.41) is 11.0. The molecular weight excluding hydrogens is 518 g/mol. The van der Waals surface area contributed by atoms with Gasteiger partial charge in [0, 0.05) is 17.0 Å². The summed E-state index contributed by atoms with van der Waals surface area (Å²) in [6.45, 7) is 0.0800. The third kappa shape index (κ3) is 4.37. The van der Waals surface area contributed by atoms with Gasteiger partial charge in [-0.25, -0.2) is 14.5 Å². The van der Waals surface area contributed by atoms with Crippen LogP contribution in [0.25, 0.3) is 16.4 Å². The van der Waals surface area contributed by atoms with Crippen LogP contribution in [0.2, 0.25) is 0 Å². The SMILES string of the molecule is COc1ccc(/C=N\OCc2nc3c4c(ncn3n2)Oc2ccc3ccccc3c2[C@H]4c2ccccc2)cc1OC. The number of hydrogen-bond acceptors (Lipinski definition) is 8. The highest BCUT2D eigenvalue weighted by Gasteiger charge is 2.34. The molecular formula is C32H25N5O4. The number of fused-ring (bicyclic) bond motifs is 6. The minimum Gasteiger partial charge on any atom is -0.493 e. The lowest BCUT2D eigenvalue weighted by Gasteiger charge is -2.29. The maximum Gasteiger partial charge on any atom is 0.228 e. The van der Waals surface area contributed by atoms with Gasteiger partial charge in [-0.3, -0.25) is 0 Å². The third-order valence-corrected chi connectivity index (χ3v) is 7.16. The van der Waals surface area contributed by atoms with Crippen LogP contribution < -0.4 is 14.2 Å². The first-order chi connectivity index (χ1) is 20.2. The van der Waals surface area contributed by atoms with Crippen LogP contribution in [0, 0.1) is 0 Å². The van der Waals surface area contributed by atoms with Gasteiger partial charge < -0.3 is 19.0 Å². The van der Waals surface area contributed by atoms with Gasteiger partial charge in [0.2, 0.25) is 5.88 Å². The molecule has 9 heteroatoms. The van der Waals surface area contributed by atoms with Crippen molar-refractivity contribution >= 4 is 22.6 Å². The monoisotopic (exact) mass is 543 g/mol. The molecule has 9 nitrogen and oxygen atoms in total. The molecule has 202 valence electrons. The Morgan fingerprint density at radius 1 is 0.902 bits per heavy atom. The van der Waals surface area contributed by atoms with Gasteiger partial charge in [-0.1, -0.05) is 65.8 Å². The zero-order valence-electron chi connectivity index (χ0n) is 22.4. The predicted molar refractivity (Wildman–Crippen MR) is 154 cm³/mol. The molecule has 0 saturated carbocycles. The molecule has 0 bridgehead atoms. The Bertz CT molecular complexity index is 1920. The molecule has 1 atom stereocenters. The number of oxime groups is 1. The number of ether oxygens (including phenoxy) is 3. The maximum atomic E-state index is 6.37. The molecule has 0 radical (unpaired) electrons. The van der Waals surface area contributed by atoms with Gasteiger partial charge in [0.15, 0.2) is 29.6 Å². The van der Waals surface area contributed by atoms with Crippen molar-refractivity contribution in [3.63, 3.8) is 0 Å². The molecule has 0 saturated heterocycles. The molecule has 0 aliphatic carbocycles. The first-order valence-corrected chi connectivity index (χ1v) is 13.1. The lowest BCUT2D eigenvalue weighted by molar-refractivity contribution is 0.126. The smallest absolute Gasteiger partial charge is 0.228 e. The molecule has 4 aromatic carbocycles. The largest absolute Gasteiger partial charge is 0.493 e. The number of aromatic nitrogens is 4. The van der Waals surface area contributed by atoms with Crippen molar-refractivity contribution in [3.8, 4) is 23.1 Å². The number of benzene rings is 4. The highest BCUT2D eigenvalue weighted by atomic mass is 16.6. The summed E-state index contributed by atoms with van der Waals surface area (Å²) in [4.78, 5) is 15.0. The van der Waals surface area contributed by atoms with Crippen LogP contribution in [0.1, 0.15) is 34.0 Å². The molecule has 0 N–H and O–H groups in total. The van der Waals surface area contributed by atoms with Crippen LogP contribution in [0.4, 0.5) is 0 Å². The summed E-state index contributed by atoms with van der Waals surface area (Å²) in [5.74, 6) is 2.87. The molecule has 3 heterocycles. The normalized spacial score (nSPS) is 14.0. The molecule has 1 aliphatic heterocycles. The Hall–Kier alpha value is -5.44. The second-order valence-electron chi connectivity index (χ2n) is 9.53. The Morgan fingerprint density at radius 3 is 2.59 bits per heavy atom. The van der Waals surface area contributed by atoms with Gasteiger partial charge >= 0.3 is 0 Å². The van der Waals surface area contributed by atoms with Gasteiger partial charge in [0.25, 0.3) is 0 Å². The average molecular weight is 544 g/mol. The molecule has 0 amide bonds. The van der Waals surface area contributed by atoms with Crippen molar-refractivity contribution in [1.82, 2.24) is 19.6 Å². The fourth-order valence-corrected chi connectivity index (χ4v) is 5.31. The zero-order chi connectivity index (χ0) is 27.8. The molecule has 7 rings (SSSR count). The van der Waals surface area contributed by atoms with E-state index in [1.807, 2.05) is 54.6 Å². The van der Waals surface area contributed by atoms with Crippen LogP contribution in [0.3, 0.4) is 0 Å². The minimum absolute atomic E-state index is 0.0800. The molecule has 41 heavy (non-hydrogen) atoms. The summed E-state index contributed by atoms with van der Waals surface area (Å²) in [5.41, 5.74) is 4.51. The van der Waals surface area contributed by atoms with E-state index in [0.29, 0.717) is 28.9 Å². The molecule has 1 aliphatic rings. The van der Waals surface area contributed by atoms with Crippen molar-refractivity contribution in [2.75, 3.05) is 14.2 Å². The molecule has 0 spiro atoms. The van der Waals surface area contributed by atoms with E-state index in [-0.39, 0.29) is 12.5 Å². The number of rotatable bonds is 7. The van der Waals surface area contributed by atoms with E-state index in [1.54, 1.807) is 31.3 Å². The van der Waals surface area contributed by atoms with Gasteiger partial charge in [-0.2, -0.15) is 0 Å². The summed E-state index contributed by atoms with van der Waals surface area (Å²) in [7, 11) is 3.19. The van der Waals surface area contributed by atoms with Crippen LogP contribution in [-0.4, -0.2) is 40.0 Å². The summed E-state index contributed by atoms with van der Waals surface area (Å²) >= 11 is 0.